The number of nitrogens with one attached hydrogen (secondary N) is 1. The van der Waals surface area contributed by atoms with Crippen LogP contribution in [-0.4, -0.2) is 32.0 Å². The van der Waals surface area contributed by atoms with Crippen molar-refractivity contribution >= 4 is 29.1 Å². The van der Waals surface area contributed by atoms with E-state index < -0.39 is 0 Å². The number of hydrogen-bond acceptors (Lipinski definition) is 3. The number of aromatic nitrogens is 4. The lowest BCUT2D eigenvalue weighted by Gasteiger charge is -2.13. The van der Waals surface area contributed by atoms with E-state index in [0.717, 1.165) is 30.0 Å². The summed E-state index contributed by atoms with van der Waals surface area (Å²) < 4.78 is 3.58. The van der Waals surface area contributed by atoms with Gasteiger partial charge in [-0.15, -0.1) is 0 Å². The first-order chi connectivity index (χ1) is 11.3. The summed E-state index contributed by atoms with van der Waals surface area (Å²) >= 11 is 12.1. The van der Waals surface area contributed by atoms with Gasteiger partial charge < -0.3 is 5.32 Å². The first-order valence-electron chi connectivity index (χ1n) is 7.96. The number of carbonyl (C=O) groups excluding carboxylic acids is 1. The van der Waals surface area contributed by atoms with Crippen LogP contribution in [0.25, 0.3) is 0 Å². The standard InChI is InChI=1S/C16H23Cl2N5O/c1-10(8-23-13(4)15(18)12(3)21-23)16(24)19-6-5-7-22-9-14(17)11(2)20-22/h9-10H,5-8H2,1-4H3,(H,19,24). The molecule has 2 rings (SSSR count). The second-order valence-corrected chi connectivity index (χ2v) is 6.82. The minimum Gasteiger partial charge on any atom is -0.356 e. The van der Waals surface area contributed by atoms with Crippen LogP contribution in [0.4, 0.5) is 0 Å². The van der Waals surface area contributed by atoms with Gasteiger partial charge in [0, 0.05) is 19.3 Å². The number of nitrogens with zero attached hydrogens (tertiary/aromatic N) is 4. The lowest BCUT2D eigenvalue weighted by Crippen LogP contribution is -2.33. The van der Waals surface area contributed by atoms with Gasteiger partial charge in [-0.05, 0) is 27.2 Å². The van der Waals surface area contributed by atoms with Crippen LogP contribution < -0.4 is 5.32 Å². The molecule has 1 amide bonds. The van der Waals surface area contributed by atoms with Crippen molar-refractivity contribution in [3.8, 4) is 0 Å². The number of aryl methyl sites for hydroxylation is 3. The molecule has 0 bridgehead atoms. The van der Waals surface area contributed by atoms with Gasteiger partial charge in [0.2, 0.25) is 5.91 Å². The van der Waals surface area contributed by atoms with Crippen LogP contribution in [0.15, 0.2) is 6.20 Å². The van der Waals surface area contributed by atoms with E-state index in [4.69, 9.17) is 23.2 Å². The number of amides is 1. The third-order valence-electron chi connectivity index (χ3n) is 3.94. The van der Waals surface area contributed by atoms with E-state index in [2.05, 4.69) is 15.5 Å². The van der Waals surface area contributed by atoms with Crippen molar-refractivity contribution in [3.05, 3.63) is 33.3 Å². The molecule has 1 atom stereocenters. The molecule has 2 aromatic heterocycles. The summed E-state index contributed by atoms with van der Waals surface area (Å²) in [7, 11) is 0. The third kappa shape index (κ3) is 4.51. The second-order valence-electron chi connectivity index (χ2n) is 6.04. The molecule has 0 fully saturated rings. The molecule has 2 heterocycles. The Morgan fingerprint density at radius 2 is 1.96 bits per heavy atom. The van der Waals surface area contributed by atoms with E-state index in [-0.39, 0.29) is 11.8 Å². The first-order valence-corrected chi connectivity index (χ1v) is 8.72. The van der Waals surface area contributed by atoms with Gasteiger partial charge in [-0.25, -0.2) is 0 Å². The fourth-order valence-electron chi connectivity index (χ4n) is 2.43. The molecule has 0 aromatic carbocycles. The quantitative estimate of drug-likeness (QED) is 0.760. The lowest BCUT2D eigenvalue weighted by molar-refractivity contribution is -0.124. The highest BCUT2D eigenvalue weighted by molar-refractivity contribution is 6.31. The smallest absolute Gasteiger partial charge is 0.224 e. The minimum absolute atomic E-state index is 0.00773. The van der Waals surface area contributed by atoms with Gasteiger partial charge in [0.05, 0.1) is 39.6 Å². The zero-order valence-corrected chi connectivity index (χ0v) is 15.9. The number of rotatable bonds is 7. The normalized spacial score (nSPS) is 12.4. The SMILES string of the molecule is Cc1nn(CCCNC(=O)C(C)Cn2nc(C)c(Cl)c2C)cc1Cl. The molecule has 0 aliphatic rings. The van der Waals surface area contributed by atoms with Crippen LogP contribution in [0.2, 0.25) is 10.0 Å². The molecule has 24 heavy (non-hydrogen) atoms. The Kier molecular flexibility index (Phi) is 6.29. The molecule has 1 N–H and O–H groups in total. The Hall–Kier alpha value is -1.53. The predicted octanol–water partition coefficient (Wildman–Crippen LogP) is 3.15. The van der Waals surface area contributed by atoms with Gasteiger partial charge in [-0.2, -0.15) is 10.2 Å². The summed E-state index contributed by atoms with van der Waals surface area (Å²) in [5, 5.41) is 12.9. The van der Waals surface area contributed by atoms with Gasteiger partial charge >= 0.3 is 0 Å². The van der Waals surface area contributed by atoms with Crippen LogP contribution in [0.3, 0.4) is 0 Å². The summed E-state index contributed by atoms with van der Waals surface area (Å²) in [6, 6.07) is 0. The van der Waals surface area contributed by atoms with Gasteiger partial charge in [0.25, 0.3) is 0 Å². The van der Waals surface area contributed by atoms with Crippen LogP contribution in [0.1, 0.15) is 30.4 Å². The highest BCUT2D eigenvalue weighted by Gasteiger charge is 2.17. The van der Waals surface area contributed by atoms with Gasteiger partial charge in [0.15, 0.2) is 0 Å². The highest BCUT2D eigenvalue weighted by Crippen LogP contribution is 2.19. The summed E-state index contributed by atoms with van der Waals surface area (Å²) in [5.74, 6) is -0.172. The Bertz CT molecular complexity index is 703. The maximum absolute atomic E-state index is 12.2. The molecular weight excluding hydrogens is 349 g/mol. The van der Waals surface area contributed by atoms with Crippen molar-refractivity contribution in [1.29, 1.82) is 0 Å². The van der Waals surface area contributed by atoms with E-state index in [1.165, 1.54) is 0 Å². The molecule has 0 saturated carbocycles. The van der Waals surface area contributed by atoms with Crippen molar-refractivity contribution in [2.75, 3.05) is 6.54 Å². The monoisotopic (exact) mass is 371 g/mol. The number of carbonyl (C=O) groups is 1. The van der Waals surface area contributed by atoms with E-state index in [1.807, 2.05) is 27.7 Å². The van der Waals surface area contributed by atoms with Crippen LogP contribution >= 0.6 is 23.2 Å². The molecule has 132 valence electrons. The topological polar surface area (TPSA) is 64.7 Å². The van der Waals surface area contributed by atoms with Crippen molar-refractivity contribution in [1.82, 2.24) is 24.9 Å². The van der Waals surface area contributed by atoms with Crippen LogP contribution in [0, 0.1) is 26.7 Å². The molecule has 1 unspecified atom stereocenters. The largest absolute Gasteiger partial charge is 0.356 e. The maximum atomic E-state index is 12.2. The highest BCUT2D eigenvalue weighted by atomic mass is 35.5. The number of halogens is 2. The molecular formula is C16H23Cl2N5O. The summed E-state index contributed by atoms with van der Waals surface area (Å²) in [6.07, 6.45) is 2.59. The Balaban J connectivity index is 1.76. The summed E-state index contributed by atoms with van der Waals surface area (Å²) in [6.45, 7) is 9.35. The third-order valence-corrected chi connectivity index (χ3v) is 4.86. The van der Waals surface area contributed by atoms with E-state index in [0.29, 0.717) is 23.1 Å². The second kappa shape index (κ2) is 8.03. The van der Waals surface area contributed by atoms with Crippen LogP contribution in [0.5, 0.6) is 0 Å². The summed E-state index contributed by atoms with van der Waals surface area (Å²) in [5.41, 5.74) is 2.49. The van der Waals surface area contributed by atoms with E-state index >= 15 is 0 Å². The van der Waals surface area contributed by atoms with Crippen LogP contribution in [-0.2, 0) is 17.9 Å². The fraction of sp³-hybridized carbons (Fsp3) is 0.562. The fourth-order valence-corrected chi connectivity index (χ4v) is 2.72. The zero-order valence-electron chi connectivity index (χ0n) is 14.4. The Morgan fingerprint density at radius 1 is 1.25 bits per heavy atom. The molecule has 8 heteroatoms. The molecule has 0 aliphatic heterocycles. The first kappa shape index (κ1) is 18.8. The summed E-state index contributed by atoms with van der Waals surface area (Å²) in [4.78, 5) is 12.2. The average molecular weight is 372 g/mol. The average Bonchev–Trinajstić information content (AvgIpc) is 2.97. The maximum Gasteiger partial charge on any atom is 0.224 e. The van der Waals surface area contributed by atoms with Gasteiger partial charge in [-0.3, -0.25) is 14.2 Å². The van der Waals surface area contributed by atoms with Crippen molar-refractivity contribution in [2.45, 2.75) is 47.2 Å². The molecule has 0 spiro atoms. The predicted molar refractivity (Wildman–Crippen MR) is 95.5 cm³/mol. The molecule has 0 radical (unpaired) electrons. The molecule has 0 aliphatic carbocycles. The lowest BCUT2D eigenvalue weighted by atomic mass is 10.1. The molecule has 2 aromatic rings. The van der Waals surface area contributed by atoms with Crippen molar-refractivity contribution < 1.29 is 4.79 Å². The zero-order chi connectivity index (χ0) is 17.9. The Labute approximate surface area is 152 Å². The van der Waals surface area contributed by atoms with E-state index in [9.17, 15) is 4.79 Å². The number of hydrogen-bond donors (Lipinski definition) is 1. The molecule has 0 saturated heterocycles. The molecule has 6 nitrogen and oxygen atoms in total. The van der Waals surface area contributed by atoms with Crippen molar-refractivity contribution in [2.24, 2.45) is 5.92 Å². The van der Waals surface area contributed by atoms with Gasteiger partial charge in [0.1, 0.15) is 0 Å². The minimum atomic E-state index is -0.180. The van der Waals surface area contributed by atoms with Gasteiger partial charge in [-0.1, -0.05) is 30.1 Å². The van der Waals surface area contributed by atoms with Crippen molar-refractivity contribution in [3.63, 3.8) is 0 Å². The van der Waals surface area contributed by atoms with E-state index in [1.54, 1.807) is 15.6 Å². The Morgan fingerprint density at radius 3 is 2.50 bits per heavy atom.